The molecule has 2 aliphatic heterocycles. The molecule has 0 unspecified atom stereocenters. The van der Waals surface area contributed by atoms with Crippen LogP contribution in [0.3, 0.4) is 0 Å². The lowest BCUT2D eigenvalue weighted by Crippen LogP contribution is -2.64. The van der Waals surface area contributed by atoms with Gasteiger partial charge < -0.3 is 64.5 Å². The molecule has 0 amide bonds. The Morgan fingerprint density at radius 3 is 2.10 bits per heavy atom. The van der Waals surface area contributed by atoms with Gasteiger partial charge in [-0.1, -0.05) is 18.2 Å². The number of hydrogen-bond donors (Lipinski definition) is 8. The summed E-state index contributed by atoms with van der Waals surface area (Å²) in [5, 5.41) is 82.2. The molecule has 14 heteroatoms. The van der Waals surface area contributed by atoms with Gasteiger partial charge in [-0.2, -0.15) is 0 Å². The van der Waals surface area contributed by atoms with Crippen LogP contribution in [0, 0.1) is 0 Å². The van der Waals surface area contributed by atoms with Crippen LogP contribution in [-0.2, 0) is 14.2 Å². The third-order valence-corrected chi connectivity index (χ3v) is 7.04. The van der Waals surface area contributed by atoms with Gasteiger partial charge in [-0.25, -0.2) is 0 Å². The van der Waals surface area contributed by atoms with Gasteiger partial charge in [0.25, 0.3) is 0 Å². The molecule has 0 saturated carbocycles. The van der Waals surface area contributed by atoms with E-state index in [1.165, 1.54) is 20.1 Å². The van der Waals surface area contributed by atoms with Crippen LogP contribution in [0.1, 0.15) is 22.8 Å². The van der Waals surface area contributed by atoms with Gasteiger partial charge in [-0.15, -0.1) is 0 Å². The van der Waals surface area contributed by atoms with E-state index in [4.69, 9.17) is 23.7 Å². The molecule has 14 nitrogen and oxygen atoms in total. The topological polar surface area (TPSA) is 225 Å². The Hall–Kier alpha value is -3.31. The molecule has 230 valence electrons. The molecular formula is C28H34O14. The van der Waals surface area contributed by atoms with E-state index in [2.05, 4.69) is 0 Å². The van der Waals surface area contributed by atoms with Crippen LogP contribution in [0.2, 0.25) is 0 Å². The minimum absolute atomic E-state index is 0.256. The second-order valence-corrected chi connectivity index (χ2v) is 9.91. The second kappa shape index (κ2) is 13.3. The van der Waals surface area contributed by atoms with E-state index in [1.54, 1.807) is 24.3 Å². The fraction of sp³-hybridized carbons (Fsp3) is 0.464. The average molecular weight is 595 g/mol. The largest absolute Gasteiger partial charge is 0.507 e. The molecule has 8 N–H and O–H groups in total. The van der Waals surface area contributed by atoms with Crippen molar-refractivity contribution in [2.24, 2.45) is 0 Å². The first kappa shape index (κ1) is 31.6. The molecule has 2 saturated heterocycles. The van der Waals surface area contributed by atoms with Crippen molar-refractivity contribution in [2.45, 2.75) is 68.3 Å². The van der Waals surface area contributed by atoms with E-state index < -0.39 is 90.9 Å². The smallest absolute Gasteiger partial charge is 0.229 e. The number of ether oxygens (including phenoxy) is 5. The van der Waals surface area contributed by atoms with Gasteiger partial charge in [-0.05, 0) is 30.7 Å². The summed E-state index contributed by atoms with van der Waals surface area (Å²) >= 11 is 0. The SMILES string of the molecule is COc1ccc(/C=C/C(=O)c2c(O)cc(O[C@@H]3O[C@H](CO)[C@@H](O)[C@@H](O)[C@@H]3O[C@@H]3O[C@@H](C)[C@H](O)[C@H](O)[C@@H]3O)cc2O)cc1. The Kier molecular flexibility index (Phi) is 10.0. The molecule has 0 aromatic heterocycles. The number of phenols is 2. The predicted octanol–water partition coefficient (Wildman–Crippen LogP) is -0.967. The number of aliphatic hydroxyl groups is 6. The highest BCUT2D eigenvalue weighted by molar-refractivity contribution is 6.10. The first-order valence-electron chi connectivity index (χ1n) is 13.0. The third-order valence-electron chi connectivity index (χ3n) is 7.04. The van der Waals surface area contributed by atoms with Gasteiger partial charge >= 0.3 is 0 Å². The second-order valence-electron chi connectivity index (χ2n) is 9.91. The van der Waals surface area contributed by atoms with Crippen LogP contribution in [0.4, 0.5) is 0 Å². The first-order valence-corrected chi connectivity index (χ1v) is 13.0. The van der Waals surface area contributed by atoms with Crippen LogP contribution in [0.5, 0.6) is 23.0 Å². The van der Waals surface area contributed by atoms with E-state index in [9.17, 15) is 45.6 Å². The van der Waals surface area contributed by atoms with Crippen molar-refractivity contribution in [1.29, 1.82) is 0 Å². The van der Waals surface area contributed by atoms with Crippen molar-refractivity contribution in [3.63, 3.8) is 0 Å². The number of ketones is 1. The number of carbonyl (C=O) groups is 1. The maximum Gasteiger partial charge on any atom is 0.229 e. The molecule has 2 heterocycles. The van der Waals surface area contributed by atoms with Crippen molar-refractivity contribution in [1.82, 2.24) is 0 Å². The zero-order chi connectivity index (χ0) is 30.7. The van der Waals surface area contributed by atoms with E-state index in [0.717, 1.165) is 18.2 Å². The molecule has 0 bridgehead atoms. The minimum Gasteiger partial charge on any atom is -0.507 e. The highest BCUT2D eigenvalue weighted by atomic mass is 16.8. The van der Waals surface area contributed by atoms with Gasteiger partial charge in [0.2, 0.25) is 6.29 Å². The number of aromatic hydroxyl groups is 2. The number of aliphatic hydroxyl groups excluding tert-OH is 6. The van der Waals surface area contributed by atoms with Crippen molar-refractivity contribution in [2.75, 3.05) is 13.7 Å². The zero-order valence-corrected chi connectivity index (χ0v) is 22.6. The summed E-state index contributed by atoms with van der Waals surface area (Å²) in [4.78, 5) is 12.7. The van der Waals surface area contributed by atoms with Gasteiger partial charge in [0.05, 0.1) is 19.8 Å². The number of benzene rings is 2. The minimum atomic E-state index is -1.78. The maximum absolute atomic E-state index is 12.7. The first-order chi connectivity index (χ1) is 19.9. The van der Waals surface area contributed by atoms with Crippen LogP contribution in [-0.4, -0.2) is 122 Å². The fourth-order valence-electron chi connectivity index (χ4n) is 4.59. The summed E-state index contributed by atoms with van der Waals surface area (Å²) in [5.74, 6) is -1.66. The normalized spacial score (nSPS) is 33.4. The maximum atomic E-state index is 12.7. The lowest BCUT2D eigenvalue weighted by Gasteiger charge is -2.45. The number of carbonyl (C=O) groups excluding carboxylic acids is 1. The molecule has 2 aliphatic rings. The summed E-state index contributed by atoms with van der Waals surface area (Å²) in [6.07, 6.45) is -12.9. The van der Waals surface area contributed by atoms with E-state index in [1.807, 2.05) is 0 Å². The fourth-order valence-corrected chi connectivity index (χ4v) is 4.59. The Morgan fingerprint density at radius 2 is 1.50 bits per heavy atom. The van der Waals surface area contributed by atoms with Crippen molar-refractivity contribution < 1.29 is 69.3 Å². The molecule has 0 spiro atoms. The van der Waals surface area contributed by atoms with Crippen LogP contribution >= 0.6 is 0 Å². The zero-order valence-electron chi connectivity index (χ0n) is 22.6. The van der Waals surface area contributed by atoms with E-state index in [0.29, 0.717) is 11.3 Å². The van der Waals surface area contributed by atoms with E-state index in [-0.39, 0.29) is 5.75 Å². The van der Waals surface area contributed by atoms with Gasteiger partial charge in [0.1, 0.15) is 65.2 Å². The molecule has 4 rings (SSSR count). The Morgan fingerprint density at radius 1 is 0.857 bits per heavy atom. The summed E-state index contributed by atoms with van der Waals surface area (Å²) < 4.78 is 27.3. The van der Waals surface area contributed by atoms with Crippen LogP contribution in [0.15, 0.2) is 42.5 Å². The van der Waals surface area contributed by atoms with E-state index >= 15 is 0 Å². The highest BCUT2D eigenvalue weighted by Gasteiger charge is 2.50. The molecule has 2 aromatic rings. The number of methoxy groups -OCH3 is 1. The van der Waals surface area contributed by atoms with Crippen molar-refractivity contribution >= 4 is 11.9 Å². The standard InChI is InChI=1S/C28H34O14/c1-12-21(33)23(35)25(37)27(39-12)42-26-24(36)22(34)19(11-29)41-28(26)40-15-9-17(31)20(18(32)10-15)16(30)8-5-13-3-6-14(38-2)7-4-13/h3-10,12,19,21-29,31-37H,11H2,1-2H3/b8-5+/t12-,19+,21-,22+,23-,24+,25-,26-,27-,28+/m0/s1. The quantitative estimate of drug-likeness (QED) is 0.129. The number of rotatable bonds is 9. The van der Waals surface area contributed by atoms with Crippen molar-refractivity contribution in [3.05, 3.63) is 53.6 Å². The Bertz CT molecular complexity index is 1230. The summed E-state index contributed by atoms with van der Waals surface area (Å²) in [6, 6.07) is 8.78. The summed E-state index contributed by atoms with van der Waals surface area (Å²) in [7, 11) is 1.52. The third kappa shape index (κ3) is 6.67. The molecular weight excluding hydrogens is 560 g/mol. The molecule has 0 aliphatic carbocycles. The molecule has 0 radical (unpaired) electrons. The average Bonchev–Trinajstić information content (AvgIpc) is 2.97. The lowest BCUT2D eigenvalue weighted by molar-refractivity contribution is -0.354. The van der Waals surface area contributed by atoms with Crippen LogP contribution < -0.4 is 9.47 Å². The van der Waals surface area contributed by atoms with Gasteiger partial charge in [0.15, 0.2) is 18.2 Å². The number of phenolic OH excluding ortho intramolecular Hbond substituents is 2. The summed E-state index contributed by atoms with van der Waals surface area (Å²) in [5.41, 5.74) is 0.236. The monoisotopic (exact) mass is 594 g/mol. The Labute approximate surface area is 240 Å². The molecule has 2 aromatic carbocycles. The van der Waals surface area contributed by atoms with Crippen LogP contribution in [0.25, 0.3) is 6.08 Å². The number of allylic oxidation sites excluding steroid dienone is 1. The lowest BCUT2D eigenvalue weighted by atomic mass is 9.97. The molecule has 10 atom stereocenters. The summed E-state index contributed by atoms with van der Waals surface area (Å²) in [6.45, 7) is 0.676. The van der Waals surface area contributed by atoms with Crippen molar-refractivity contribution in [3.8, 4) is 23.0 Å². The Balaban J connectivity index is 1.54. The molecule has 42 heavy (non-hydrogen) atoms. The number of hydrogen-bond acceptors (Lipinski definition) is 14. The van der Waals surface area contributed by atoms with Gasteiger partial charge in [-0.3, -0.25) is 4.79 Å². The molecule has 2 fully saturated rings. The predicted molar refractivity (Wildman–Crippen MR) is 142 cm³/mol. The van der Waals surface area contributed by atoms with Gasteiger partial charge in [0, 0.05) is 12.1 Å². The highest BCUT2D eigenvalue weighted by Crippen LogP contribution is 2.36.